The Balaban J connectivity index is 5.44. The van der Waals surface area contributed by atoms with E-state index in [0.29, 0.717) is 0 Å². The molecule has 0 aliphatic rings. The lowest BCUT2D eigenvalue weighted by molar-refractivity contribution is -0.322. The molecule has 8 heteroatoms. The van der Waals surface area contributed by atoms with Crippen LogP contribution >= 0.6 is 0 Å². The van der Waals surface area contributed by atoms with Gasteiger partial charge < -0.3 is 5.11 Å². The van der Waals surface area contributed by atoms with Crippen molar-refractivity contribution in [2.45, 2.75) is 24.9 Å². The number of hydrogen-bond donors (Lipinski definition) is 1. The lowest BCUT2D eigenvalue weighted by Crippen LogP contribution is -2.51. The summed E-state index contributed by atoms with van der Waals surface area (Å²) in [5.74, 6) is 0. The van der Waals surface area contributed by atoms with Crippen LogP contribution in [0.2, 0.25) is 0 Å². The van der Waals surface area contributed by atoms with Crippen molar-refractivity contribution in [2.75, 3.05) is 6.61 Å². The maximum Gasteiger partial charge on any atom is 0.435 e. The Morgan fingerprint density at radius 2 is 1.33 bits per heavy atom. The van der Waals surface area contributed by atoms with Crippen molar-refractivity contribution in [1.82, 2.24) is 0 Å². The summed E-state index contributed by atoms with van der Waals surface area (Å²) < 4.78 is 84.1. The lowest BCUT2D eigenvalue weighted by atomic mass is 10.0. The fourth-order valence-electron chi connectivity index (χ4n) is 0.710. The highest BCUT2D eigenvalue weighted by molar-refractivity contribution is 5.16. The van der Waals surface area contributed by atoms with Crippen molar-refractivity contribution in [3.8, 4) is 0 Å². The number of rotatable bonds is 2. The van der Waals surface area contributed by atoms with Gasteiger partial charge in [0.25, 0.3) is 0 Å². The maximum absolute atomic E-state index is 12.8. The van der Waals surface area contributed by atoms with Crippen LogP contribution in [-0.2, 0) is 0 Å². The van der Waals surface area contributed by atoms with Gasteiger partial charge in [-0.25, -0.2) is 4.39 Å². The normalized spacial score (nSPS) is 15.7. The summed E-state index contributed by atoms with van der Waals surface area (Å²) in [5, 5.41) is 8.26. The zero-order chi connectivity index (χ0) is 12.5. The Hall–Kier alpha value is -0.790. The summed E-state index contributed by atoms with van der Waals surface area (Å²) in [7, 11) is 0. The number of aliphatic hydroxyl groups excluding tert-OH is 1. The van der Waals surface area contributed by atoms with E-state index in [1.807, 2.05) is 0 Å². The molecule has 0 aromatic heterocycles. The molecule has 0 aliphatic heterocycles. The van der Waals surface area contributed by atoms with Gasteiger partial charge in [0.1, 0.15) is 0 Å². The van der Waals surface area contributed by atoms with E-state index in [1.165, 1.54) is 0 Å². The summed E-state index contributed by atoms with van der Waals surface area (Å²) in [6.45, 7) is -0.330. The fraction of sp³-hybridized carbons (Fsp3) is 0.714. The number of allylic oxidation sites excluding steroid dienone is 1. The quantitative estimate of drug-likeness (QED) is 0.581. The highest BCUT2D eigenvalue weighted by Gasteiger charge is 2.71. The molecule has 1 nitrogen and oxygen atoms in total. The monoisotopic (exact) mass is 240 g/mol. The maximum atomic E-state index is 12.8. The summed E-state index contributed by atoms with van der Waals surface area (Å²) in [6, 6.07) is 0. The molecule has 0 unspecified atom stereocenters. The van der Waals surface area contributed by atoms with Crippen LogP contribution in [-0.4, -0.2) is 29.7 Å². The zero-order valence-electron chi connectivity index (χ0n) is 7.38. The third-order valence-corrected chi connectivity index (χ3v) is 1.52. The van der Waals surface area contributed by atoms with E-state index in [1.54, 1.807) is 0 Å². The zero-order valence-corrected chi connectivity index (χ0v) is 7.38. The molecule has 0 saturated heterocycles. The van der Waals surface area contributed by atoms with E-state index in [0.717, 1.165) is 6.92 Å². The first kappa shape index (κ1) is 14.2. The molecule has 15 heavy (non-hydrogen) atoms. The summed E-state index contributed by atoms with van der Waals surface area (Å²) >= 11 is 0. The molecule has 0 atom stereocenters. The molecular formula is C7H7F7O. The van der Waals surface area contributed by atoms with Crippen molar-refractivity contribution in [2.24, 2.45) is 0 Å². The van der Waals surface area contributed by atoms with Gasteiger partial charge in [0, 0.05) is 0 Å². The van der Waals surface area contributed by atoms with Crippen molar-refractivity contribution in [1.29, 1.82) is 0 Å². The molecule has 0 fully saturated rings. The van der Waals surface area contributed by atoms with E-state index >= 15 is 0 Å². The van der Waals surface area contributed by atoms with Crippen LogP contribution in [0.3, 0.4) is 0 Å². The average molecular weight is 240 g/mol. The van der Waals surface area contributed by atoms with Crippen LogP contribution in [0.5, 0.6) is 0 Å². The minimum atomic E-state index is -6.11. The van der Waals surface area contributed by atoms with Crippen LogP contribution in [0.25, 0.3) is 0 Å². The number of halogens is 7. The molecule has 0 aliphatic carbocycles. The van der Waals surface area contributed by atoms with Crippen molar-refractivity contribution in [3.63, 3.8) is 0 Å². The lowest BCUT2D eigenvalue weighted by Gasteiger charge is -2.27. The average Bonchev–Trinajstić information content (AvgIpc) is 1.99. The van der Waals surface area contributed by atoms with Gasteiger partial charge in [-0.05, 0) is 18.6 Å². The second-order valence-corrected chi connectivity index (χ2v) is 2.86. The largest absolute Gasteiger partial charge is 0.435 e. The summed E-state index contributed by atoms with van der Waals surface area (Å²) in [6.07, 6.45) is -12.9. The van der Waals surface area contributed by atoms with Gasteiger partial charge in [0.05, 0.1) is 6.61 Å². The predicted octanol–water partition coefficient (Wildman–Crippen LogP) is 2.76. The van der Waals surface area contributed by atoms with Crippen molar-refractivity contribution >= 4 is 0 Å². The highest BCUT2D eigenvalue weighted by atomic mass is 19.4. The number of aliphatic hydroxyl groups is 1. The van der Waals surface area contributed by atoms with E-state index in [-0.39, 0.29) is 0 Å². The molecule has 0 radical (unpaired) electrons. The smallest absolute Gasteiger partial charge is 0.392 e. The molecule has 90 valence electrons. The predicted molar refractivity (Wildman–Crippen MR) is 36.8 cm³/mol. The fourth-order valence-corrected chi connectivity index (χ4v) is 0.710. The summed E-state index contributed by atoms with van der Waals surface area (Å²) in [5.41, 5.74) is -6.18. The standard InChI is InChI=1S/C7H7F7O/c1-4(3-15)2-5(8,6(9,10)11)7(12,13)14/h2,15H,3H2,1H3. The number of alkyl halides is 7. The molecule has 0 saturated carbocycles. The molecule has 0 bridgehead atoms. The molecule has 0 heterocycles. The Labute approximate surface area is 80.2 Å². The van der Waals surface area contributed by atoms with Crippen molar-refractivity contribution in [3.05, 3.63) is 11.6 Å². The van der Waals surface area contributed by atoms with Crippen LogP contribution in [0, 0.1) is 0 Å². The Bertz CT molecular complexity index is 235. The van der Waals surface area contributed by atoms with Crippen LogP contribution in [0.4, 0.5) is 30.7 Å². The first-order valence-electron chi connectivity index (χ1n) is 3.57. The third kappa shape index (κ3) is 2.83. The molecule has 0 aromatic carbocycles. The van der Waals surface area contributed by atoms with E-state index in [4.69, 9.17) is 5.11 Å². The van der Waals surface area contributed by atoms with E-state index in [9.17, 15) is 30.7 Å². The van der Waals surface area contributed by atoms with E-state index < -0.39 is 36.3 Å². The van der Waals surface area contributed by atoms with Gasteiger partial charge >= 0.3 is 18.0 Å². The molecular weight excluding hydrogens is 233 g/mol. The molecule has 0 spiro atoms. The van der Waals surface area contributed by atoms with Crippen LogP contribution in [0.15, 0.2) is 11.6 Å². The topological polar surface area (TPSA) is 20.2 Å². The molecule has 0 amide bonds. The van der Waals surface area contributed by atoms with Crippen LogP contribution in [0.1, 0.15) is 6.92 Å². The highest BCUT2D eigenvalue weighted by Crippen LogP contribution is 2.47. The molecule has 1 N–H and O–H groups in total. The van der Waals surface area contributed by atoms with Gasteiger partial charge in [0.2, 0.25) is 0 Å². The van der Waals surface area contributed by atoms with Gasteiger partial charge in [0.15, 0.2) is 0 Å². The Morgan fingerprint density at radius 3 is 1.53 bits per heavy atom. The second kappa shape index (κ2) is 3.99. The van der Waals surface area contributed by atoms with Crippen LogP contribution < -0.4 is 0 Å². The van der Waals surface area contributed by atoms with Gasteiger partial charge in [-0.2, -0.15) is 26.3 Å². The first-order valence-corrected chi connectivity index (χ1v) is 3.57. The van der Waals surface area contributed by atoms with Gasteiger partial charge in [-0.1, -0.05) is 0 Å². The number of hydrogen-bond acceptors (Lipinski definition) is 1. The SMILES string of the molecule is CC(=CC(F)(C(F)(F)F)C(F)(F)F)CO. The first-order chi connectivity index (χ1) is 6.45. The van der Waals surface area contributed by atoms with Gasteiger partial charge in [-0.15, -0.1) is 0 Å². The molecule has 0 rings (SSSR count). The van der Waals surface area contributed by atoms with Gasteiger partial charge in [-0.3, -0.25) is 0 Å². The minimum Gasteiger partial charge on any atom is -0.392 e. The molecule has 0 aromatic rings. The minimum absolute atomic E-state index is 0.674. The van der Waals surface area contributed by atoms with Crippen molar-refractivity contribution < 1.29 is 35.8 Å². The Morgan fingerprint density at radius 1 is 1.00 bits per heavy atom. The third-order valence-electron chi connectivity index (χ3n) is 1.52. The summed E-state index contributed by atoms with van der Waals surface area (Å²) in [4.78, 5) is 0. The second-order valence-electron chi connectivity index (χ2n) is 2.86. The Kier molecular flexibility index (Phi) is 3.78. The van der Waals surface area contributed by atoms with E-state index in [2.05, 4.69) is 0 Å².